The molecule has 1 aromatic rings. The van der Waals surface area contributed by atoms with Gasteiger partial charge in [0.05, 0.1) is 25.4 Å². The molecule has 3 rings (SSSR count). The van der Waals surface area contributed by atoms with Gasteiger partial charge < -0.3 is 9.47 Å². The summed E-state index contributed by atoms with van der Waals surface area (Å²) in [5.74, 6) is 0. The molecule has 2 aliphatic rings. The number of thiophene rings is 1. The van der Waals surface area contributed by atoms with Gasteiger partial charge in [-0.1, -0.05) is 6.92 Å². The van der Waals surface area contributed by atoms with E-state index in [1.807, 2.05) is 13.0 Å². The third-order valence-corrected chi connectivity index (χ3v) is 7.65. The van der Waals surface area contributed by atoms with Gasteiger partial charge in [0.15, 0.2) is 0 Å². The molecule has 0 bridgehead atoms. The zero-order valence-electron chi connectivity index (χ0n) is 11.5. The summed E-state index contributed by atoms with van der Waals surface area (Å²) in [5, 5.41) is 0. The average molecular weight is 317 g/mol. The maximum Gasteiger partial charge on any atom is 0.253 e. The van der Waals surface area contributed by atoms with Crippen LogP contribution in [0.2, 0.25) is 0 Å². The summed E-state index contributed by atoms with van der Waals surface area (Å²) < 4.78 is 38.8. The van der Waals surface area contributed by atoms with Crippen molar-refractivity contribution in [1.29, 1.82) is 0 Å². The first-order valence-corrected chi connectivity index (χ1v) is 9.11. The average Bonchev–Trinajstić information content (AvgIpc) is 3.09. The number of aryl methyl sites for hydroxylation is 1. The first-order valence-electron chi connectivity index (χ1n) is 6.85. The largest absolute Gasteiger partial charge is 0.379 e. The Balaban J connectivity index is 1.96. The third kappa shape index (κ3) is 2.31. The zero-order valence-corrected chi connectivity index (χ0v) is 13.1. The molecule has 0 radical (unpaired) electrons. The first kappa shape index (κ1) is 14.5. The molecule has 0 saturated carbocycles. The van der Waals surface area contributed by atoms with Crippen molar-refractivity contribution in [2.24, 2.45) is 0 Å². The topological polar surface area (TPSA) is 55.8 Å². The van der Waals surface area contributed by atoms with E-state index in [2.05, 4.69) is 0 Å². The highest BCUT2D eigenvalue weighted by Gasteiger charge is 2.49. The highest BCUT2D eigenvalue weighted by Crippen LogP contribution is 2.36. The minimum Gasteiger partial charge on any atom is -0.379 e. The Bertz CT molecular complexity index is 575. The second-order valence-electron chi connectivity index (χ2n) is 5.23. The van der Waals surface area contributed by atoms with Gasteiger partial charge in [-0.2, -0.15) is 4.31 Å². The van der Waals surface area contributed by atoms with Crippen molar-refractivity contribution in [3.8, 4) is 0 Å². The predicted octanol–water partition coefficient (Wildman–Crippen LogP) is 1.49. The molecule has 0 amide bonds. The second-order valence-corrected chi connectivity index (χ2v) is 8.49. The molecule has 2 fully saturated rings. The lowest BCUT2D eigenvalue weighted by Crippen LogP contribution is -2.59. The number of ether oxygens (including phenoxy) is 2. The van der Waals surface area contributed by atoms with Gasteiger partial charge in [0.2, 0.25) is 0 Å². The summed E-state index contributed by atoms with van der Waals surface area (Å²) in [5.41, 5.74) is -0.506. The third-order valence-electron chi connectivity index (χ3n) is 3.95. The van der Waals surface area contributed by atoms with Crippen LogP contribution >= 0.6 is 11.3 Å². The van der Waals surface area contributed by atoms with Crippen molar-refractivity contribution in [2.75, 3.05) is 33.0 Å². The number of hydrogen-bond donors (Lipinski definition) is 0. The fourth-order valence-electron chi connectivity index (χ4n) is 2.80. The Labute approximate surface area is 123 Å². The highest BCUT2D eigenvalue weighted by molar-refractivity contribution is 7.91. The minimum atomic E-state index is -3.45. The van der Waals surface area contributed by atoms with E-state index in [1.54, 1.807) is 10.4 Å². The van der Waals surface area contributed by atoms with Gasteiger partial charge in [0, 0.05) is 18.0 Å². The van der Waals surface area contributed by atoms with Crippen LogP contribution in [0.25, 0.3) is 0 Å². The predicted molar refractivity (Wildman–Crippen MR) is 76.6 cm³/mol. The second kappa shape index (κ2) is 5.38. The number of rotatable bonds is 3. The molecular weight excluding hydrogens is 298 g/mol. The molecule has 3 heterocycles. The molecular formula is C13H19NO4S2. The first-order chi connectivity index (χ1) is 9.58. The Morgan fingerprint density at radius 1 is 1.30 bits per heavy atom. The molecule has 0 aliphatic carbocycles. The van der Waals surface area contributed by atoms with E-state index in [1.165, 1.54) is 11.3 Å². The fraction of sp³-hybridized carbons (Fsp3) is 0.692. The highest BCUT2D eigenvalue weighted by atomic mass is 32.2. The van der Waals surface area contributed by atoms with Crippen molar-refractivity contribution < 1.29 is 17.9 Å². The van der Waals surface area contributed by atoms with Crippen molar-refractivity contribution in [1.82, 2.24) is 4.31 Å². The molecule has 0 aromatic carbocycles. The van der Waals surface area contributed by atoms with Crippen LogP contribution in [-0.4, -0.2) is 51.2 Å². The molecule has 5 nitrogen and oxygen atoms in total. The van der Waals surface area contributed by atoms with Crippen LogP contribution in [0.3, 0.4) is 0 Å². The van der Waals surface area contributed by atoms with E-state index in [0.29, 0.717) is 43.6 Å². The van der Waals surface area contributed by atoms with Crippen molar-refractivity contribution in [2.45, 2.75) is 29.5 Å². The number of hydrogen-bond acceptors (Lipinski definition) is 5. The normalized spacial score (nSPS) is 28.2. The lowest BCUT2D eigenvalue weighted by molar-refractivity contribution is -0.0292. The number of nitrogens with zero attached hydrogens (tertiary/aromatic N) is 1. The molecule has 20 heavy (non-hydrogen) atoms. The SMILES string of the molecule is CCc1ccc(S(=O)(=O)N2CCOC[C@@]23CCOC3)s1. The summed E-state index contributed by atoms with van der Waals surface area (Å²) in [7, 11) is -3.45. The van der Waals surface area contributed by atoms with Crippen LogP contribution in [-0.2, 0) is 25.9 Å². The van der Waals surface area contributed by atoms with E-state index in [9.17, 15) is 8.42 Å². The Kier molecular flexibility index (Phi) is 3.89. The Hall–Kier alpha value is -0.470. The van der Waals surface area contributed by atoms with E-state index in [-0.39, 0.29) is 0 Å². The van der Waals surface area contributed by atoms with E-state index < -0.39 is 15.6 Å². The lowest BCUT2D eigenvalue weighted by atomic mass is 9.99. The molecule has 7 heteroatoms. The van der Waals surface area contributed by atoms with Gasteiger partial charge in [0.1, 0.15) is 4.21 Å². The standard InChI is InChI=1S/C13H19NO4S2/c1-2-11-3-4-12(19-11)20(15,16)14-6-8-18-10-13(14)5-7-17-9-13/h3-4H,2,5-10H2,1H3/t13-/m0/s1. The van der Waals surface area contributed by atoms with E-state index >= 15 is 0 Å². The maximum atomic E-state index is 12.9. The van der Waals surface area contributed by atoms with Gasteiger partial charge in [-0.05, 0) is 25.0 Å². The smallest absolute Gasteiger partial charge is 0.253 e. The summed E-state index contributed by atoms with van der Waals surface area (Å²) in [6.45, 7) is 4.35. The van der Waals surface area contributed by atoms with Crippen LogP contribution in [0.1, 0.15) is 18.2 Å². The van der Waals surface area contributed by atoms with Crippen LogP contribution in [0, 0.1) is 0 Å². The van der Waals surface area contributed by atoms with Gasteiger partial charge in [-0.25, -0.2) is 8.42 Å². The molecule has 2 aliphatic heterocycles. The fourth-order valence-corrected chi connectivity index (χ4v) is 5.96. The molecule has 1 aromatic heterocycles. The van der Waals surface area contributed by atoms with E-state index in [0.717, 1.165) is 11.3 Å². The van der Waals surface area contributed by atoms with Gasteiger partial charge in [-0.3, -0.25) is 0 Å². The molecule has 2 saturated heterocycles. The maximum absolute atomic E-state index is 12.9. The summed E-state index contributed by atoms with van der Waals surface area (Å²) in [6.07, 6.45) is 1.57. The monoisotopic (exact) mass is 317 g/mol. The van der Waals surface area contributed by atoms with E-state index in [4.69, 9.17) is 9.47 Å². The van der Waals surface area contributed by atoms with Crippen LogP contribution in [0.4, 0.5) is 0 Å². The molecule has 1 atom stereocenters. The Morgan fingerprint density at radius 3 is 2.65 bits per heavy atom. The quantitative estimate of drug-likeness (QED) is 0.847. The summed E-state index contributed by atoms with van der Waals surface area (Å²) in [4.78, 5) is 1.09. The summed E-state index contributed by atoms with van der Waals surface area (Å²) >= 11 is 1.36. The minimum absolute atomic E-state index is 0.408. The lowest BCUT2D eigenvalue weighted by Gasteiger charge is -2.41. The van der Waals surface area contributed by atoms with Crippen molar-refractivity contribution >= 4 is 21.4 Å². The Morgan fingerprint density at radius 2 is 2.05 bits per heavy atom. The van der Waals surface area contributed by atoms with Crippen LogP contribution in [0.15, 0.2) is 16.3 Å². The zero-order chi connectivity index (χ0) is 14.2. The van der Waals surface area contributed by atoms with Gasteiger partial charge >= 0.3 is 0 Å². The number of sulfonamides is 1. The molecule has 112 valence electrons. The van der Waals surface area contributed by atoms with Gasteiger partial charge in [-0.15, -0.1) is 11.3 Å². The van der Waals surface area contributed by atoms with Crippen molar-refractivity contribution in [3.05, 3.63) is 17.0 Å². The molecule has 1 spiro atoms. The van der Waals surface area contributed by atoms with Crippen molar-refractivity contribution in [3.63, 3.8) is 0 Å². The van der Waals surface area contributed by atoms with Crippen LogP contribution in [0.5, 0.6) is 0 Å². The number of morpholine rings is 1. The van der Waals surface area contributed by atoms with Crippen LogP contribution < -0.4 is 0 Å². The van der Waals surface area contributed by atoms with Gasteiger partial charge in [0.25, 0.3) is 10.0 Å². The summed E-state index contributed by atoms with van der Waals surface area (Å²) in [6, 6.07) is 3.62. The molecule has 0 unspecified atom stereocenters. The molecule has 0 N–H and O–H groups in total.